The first kappa shape index (κ1) is 21.7. The molecule has 4 heterocycles. The van der Waals surface area contributed by atoms with E-state index in [-0.39, 0.29) is 23.9 Å². The van der Waals surface area contributed by atoms with Crippen molar-refractivity contribution in [2.24, 2.45) is 5.92 Å². The molecule has 1 amide bonds. The molecule has 31 heavy (non-hydrogen) atoms. The Bertz CT molecular complexity index is 1150. The van der Waals surface area contributed by atoms with Crippen molar-refractivity contribution in [2.45, 2.75) is 44.6 Å². The first-order valence-electron chi connectivity index (χ1n) is 10.1. The number of aryl methyl sites for hydroxylation is 2. The summed E-state index contributed by atoms with van der Waals surface area (Å²) in [6.45, 7) is 4.49. The molecule has 0 radical (unpaired) electrons. The van der Waals surface area contributed by atoms with E-state index in [0.29, 0.717) is 53.0 Å². The summed E-state index contributed by atoms with van der Waals surface area (Å²) in [6, 6.07) is 5.13. The van der Waals surface area contributed by atoms with Crippen LogP contribution in [0.2, 0.25) is 0 Å². The highest BCUT2D eigenvalue weighted by atomic mass is 32.2. The molecule has 11 heteroatoms. The lowest BCUT2D eigenvalue weighted by atomic mass is 9.99. The third kappa shape index (κ3) is 4.58. The van der Waals surface area contributed by atoms with E-state index in [0.717, 1.165) is 0 Å². The summed E-state index contributed by atoms with van der Waals surface area (Å²) in [5.74, 6) is 0.979. The molecule has 3 aromatic heterocycles. The summed E-state index contributed by atoms with van der Waals surface area (Å²) in [6.07, 6.45) is 3.43. The first-order chi connectivity index (χ1) is 14.9. The molecule has 1 saturated heterocycles. The molecule has 9 nitrogen and oxygen atoms in total. The second kappa shape index (κ2) is 8.93. The van der Waals surface area contributed by atoms with Crippen LogP contribution in [0.5, 0.6) is 0 Å². The van der Waals surface area contributed by atoms with Crippen LogP contribution in [0.1, 0.15) is 36.3 Å². The molecule has 0 spiro atoms. The van der Waals surface area contributed by atoms with E-state index >= 15 is 0 Å². The molecule has 1 fully saturated rings. The minimum atomic E-state index is -3.74. The van der Waals surface area contributed by atoms with Crippen LogP contribution in [0.15, 0.2) is 38.3 Å². The Morgan fingerprint density at radius 1 is 1.42 bits per heavy atom. The number of aromatic nitrogens is 2. The van der Waals surface area contributed by atoms with Gasteiger partial charge in [0.1, 0.15) is 5.76 Å². The van der Waals surface area contributed by atoms with Crippen LogP contribution in [0.25, 0.3) is 10.7 Å². The predicted octanol–water partition coefficient (Wildman–Crippen LogP) is 2.98. The third-order valence-electron chi connectivity index (χ3n) is 5.25. The van der Waals surface area contributed by atoms with Gasteiger partial charge in [-0.15, -0.1) is 11.3 Å². The Labute approximate surface area is 184 Å². The minimum Gasteiger partial charge on any atom is -0.467 e. The van der Waals surface area contributed by atoms with Gasteiger partial charge in [-0.05, 0) is 38.0 Å². The molecule has 1 aliphatic heterocycles. The number of thiophene rings is 1. The number of hydrogen-bond acceptors (Lipinski definition) is 8. The molecule has 1 N–H and O–H groups in total. The Balaban J connectivity index is 1.48. The normalized spacial score (nSPS) is 17.7. The topological polar surface area (TPSA) is 119 Å². The molecular weight excluding hydrogens is 440 g/mol. The lowest BCUT2D eigenvalue weighted by Gasteiger charge is -2.31. The zero-order chi connectivity index (χ0) is 22.0. The minimum absolute atomic E-state index is 0.152. The van der Waals surface area contributed by atoms with Crippen molar-refractivity contribution in [1.29, 1.82) is 0 Å². The molecular formula is C20H24N4O5S2. The highest BCUT2D eigenvalue weighted by Gasteiger charge is 2.35. The maximum absolute atomic E-state index is 13.3. The fraction of sp³-hybridized carbons (Fsp3) is 0.450. The number of hydrogen-bond donors (Lipinski definition) is 1. The summed E-state index contributed by atoms with van der Waals surface area (Å²) >= 11 is 1.32. The van der Waals surface area contributed by atoms with Crippen LogP contribution >= 0.6 is 11.3 Å². The average molecular weight is 465 g/mol. The highest BCUT2D eigenvalue weighted by molar-refractivity contribution is 7.89. The number of carbonyl (C=O) groups excluding carboxylic acids is 1. The Kier molecular flexibility index (Phi) is 6.26. The number of carbonyl (C=O) groups is 1. The molecule has 0 bridgehead atoms. The smallest absolute Gasteiger partial charge is 0.244 e. The largest absolute Gasteiger partial charge is 0.467 e. The zero-order valence-electron chi connectivity index (χ0n) is 17.3. The zero-order valence-corrected chi connectivity index (χ0v) is 19.0. The summed E-state index contributed by atoms with van der Waals surface area (Å²) in [4.78, 5) is 18.4. The second-order valence-electron chi connectivity index (χ2n) is 7.40. The van der Waals surface area contributed by atoms with Gasteiger partial charge in [0, 0.05) is 24.4 Å². The molecule has 0 saturated carbocycles. The van der Waals surface area contributed by atoms with Crippen molar-refractivity contribution < 1.29 is 22.2 Å². The van der Waals surface area contributed by atoms with Crippen LogP contribution in [0.4, 0.5) is 0 Å². The van der Waals surface area contributed by atoms with Gasteiger partial charge in [0.25, 0.3) is 0 Å². The van der Waals surface area contributed by atoms with Gasteiger partial charge < -0.3 is 14.3 Å². The van der Waals surface area contributed by atoms with Crippen molar-refractivity contribution in [1.82, 2.24) is 19.8 Å². The first-order valence-corrected chi connectivity index (χ1v) is 12.4. The fourth-order valence-electron chi connectivity index (χ4n) is 3.58. The molecule has 1 aliphatic rings. The molecule has 1 atom stereocenters. The van der Waals surface area contributed by atoms with Gasteiger partial charge in [-0.3, -0.25) is 4.79 Å². The summed E-state index contributed by atoms with van der Waals surface area (Å²) in [5, 5.41) is 6.77. The van der Waals surface area contributed by atoms with Crippen molar-refractivity contribution >= 4 is 27.3 Å². The van der Waals surface area contributed by atoms with Gasteiger partial charge in [0.2, 0.25) is 27.6 Å². The van der Waals surface area contributed by atoms with Crippen molar-refractivity contribution in [3.8, 4) is 10.7 Å². The SMILES string of the molecule is CCc1nc(-c2cc(S(=O)(=O)N3CCCC(C(=O)NCc4ccco4)C3)c(C)s2)no1. The van der Waals surface area contributed by atoms with E-state index < -0.39 is 15.9 Å². The lowest BCUT2D eigenvalue weighted by molar-refractivity contribution is -0.126. The predicted molar refractivity (Wildman–Crippen MR) is 114 cm³/mol. The van der Waals surface area contributed by atoms with E-state index in [1.54, 1.807) is 31.4 Å². The number of sulfonamides is 1. The monoisotopic (exact) mass is 464 g/mol. The van der Waals surface area contributed by atoms with Crippen molar-refractivity contribution in [2.75, 3.05) is 13.1 Å². The van der Waals surface area contributed by atoms with Crippen LogP contribution in [0.3, 0.4) is 0 Å². The number of amides is 1. The van der Waals surface area contributed by atoms with Gasteiger partial charge in [-0.25, -0.2) is 8.42 Å². The molecule has 3 aromatic rings. The Hall–Kier alpha value is -2.50. The second-order valence-corrected chi connectivity index (χ2v) is 10.6. The van der Waals surface area contributed by atoms with E-state index in [4.69, 9.17) is 8.94 Å². The summed E-state index contributed by atoms with van der Waals surface area (Å²) in [7, 11) is -3.74. The maximum atomic E-state index is 13.3. The number of rotatable bonds is 7. The molecule has 166 valence electrons. The van der Waals surface area contributed by atoms with Crippen LogP contribution in [-0.2, 0) is 27.8 Å². The summed E-state index contributed by atoms with van der Waals surface area (Å²) < 4.78 is 38.5. The molecule has 1 unspecified atom stereocenters. The van der Waals surface area contributed by atoms with Crippen LogP contribution < -0.4 is 5.32 Å². The van der Waals surface area contributed by atoms with Gasteiger partial charge in [-0.1, -0.05) is 12.1 Å². The Morgan fingerprint density at radius 2 is 2.26 bits per heavy atom. The molecule has 0 aromatic carbocycles. The van der Waals surface area contributed by atoms with Crippen molar-refractivity contribution in [3.63, 3.8) is 0 Å². The van der Waals surface area contributed by atoms with Crippen LogP contribution in [0, 0.1) is 12.8 Å². The van der Waals surface area contributed by atoms with Gasteiger partial charge >= 0.3 is 0 Å². The van der Waals surface area contributed by atoms with Gasteiger partial charge in [0.15, 0.2) is 0 Å². The molecule has 4 rings (SSSR count). The number of furan rings is 1. The number of piperidine rings is 1. The number of nitrogens with one attached hydrogen (secondary N) is 1. The number of nitrogens with zero attached hydrogens (tertiary/aromatic N) is 3. The third-order valence-corrected chi connectivity index (χ3v) is 8.42. The molecule has 0 aliphatic carbocycles. The van der Waals surface area contributed by atoms with E-state index in [1.165, 1.54) is 15.6 Å². The van der Waals surface area contributed by atoms with Gasteiger partial charge in [-0.2, -0.15) is 9.29 Å². The standard InChI is InChI=1S/C20H24N4O5S2/c1-3-18-22-19(23-29-18)16-10-17(13(2)30-16)31(26,27)24-8-4-6-14(12-24)20(25)21-11-15-7-5-9-28-15/h5,7,9-10,14H,3-4,6,8,11-12H2,1-2H3,(H,21,25). The Morgan fingerprint density at radius 3 is 2.97 bits per heavy atom. The summed E-state index contributed by atoms with van der Waals surface area (Å²) in [5.41, 5.74) is 0. The lowest BCUT2D eigenvalue weighted by Crippen LogP contribution is -2.45. The van der Waals surface area contributed by atoms with E-state index in [1.807, 2.05) is 6.92 Å². The fourth-order valence-corrected chi connectivity index (χ4v) is 6.59. The highest BCUT2D eigenvalue weighted by Crippen LogP contribution is 2.35. The van der Waals surface area contributed by atoms with Crippen LogP contribution in [-0.4, -0.2) is 41.9 Å². The average Bonchev–Trinajstić information content (AvgIpc) is 3.52. The van der Waals surface area contributed by atoms with E-state index in [2.05, 4.69) is 15.5 Å². The van der Waals surface area contributed by atoms with E-state index in [9.17, 15) is 13.2 Å². The van der Waals surface area contributed by atoms with Crippen molar-refractivity contribution in [3.05, 3.63) is 41.0 Å². The van der Waals surface area contributed by atoms with Gasteiger partial charge in [0.05, 0.1) is 28.5 Å². The maximum Gasteiger partial charge on any atom is 0.244 e. The quantitative estimate of drug-likeness (QED) is 0.571.